The lowest BCUT2D eigenvalue weighted by molar-refractivity contribution is -0.139. The van der Waals surface area contributed by atoms with Crippen LogP contribution in [0.2, 0.25) is 0 Å². The van der Waals surface area contributed by atoms with Crippen molar-refractivity contribution < 1.29 is 38.1 Å². The Hall–Kier alpha value is -7.32. The molecule has 0 heterocycles. The molecule has 0 aromatic heterocycles. The van der Waals surface area contributed by atoms with Gasteiger partial charge < -0.3 is 18.9 Å². The van der Waals surface area contributed by atoms with Gasteiger partial charge >= 0.3 is 23.9 Å². The summed E-state index contributed by atoms with van der Waals surface area (Å²) in [7, 11) is 0. The van der Waals surface area contributed by atoms with E-state index in [9.17, 15) is 19.2 Å². The van der Waals surface area contributed by atoms with E-state index in [-0.39, 0.29) is 5.97 Å². The van der Waals surface area contributed by atoms with Crippen LogP contribution >= 0.6 is 0 Å². The molecule has 0 spiro atoms. The van der Waals surface area contributed by atoms with Crippen LogP contribution in [0, 0.1) is 0 Å². The van der Waals surface area contributed by atoms with Gasteiger partial charge in [0.15, 0.2) is 0 Å². The SMILES string of the molecule is C=C(C)C(=O)OCCCCCCc1ccc(-c2ccc(-c3ccc(OC(=O)C(=C)C)cc3)cc2)cc1.C=C(C)C(=O)Oc1ccc2c(ccc3cc(OC(=O)C(=C)C)ccc32)c1. The number of carbonyl (C=O) groups excluding carboxylic acids is 4. The Balaban J connectivity index is 0.000000246. The van der Waals surface area contributed by atoms with Crippen molar-refractivity contribution in [3.63, 3.8) is 0 Å². The van der Waals surface area contributed by atoms with Crippen LogP contribution in [0.25, 0.3) is 43.8 Å². The van der Waals surface area contributed by atoms with Crippen LogP contribution in [-0.2, 0) is 30.3 Å². The van der Waals surface area contributed by atoms with Crippen LogP contribution in [-0.4, -0.2) is 30.5 Å². The minimum absolute atomic E-state index is 0.304. The molecule has 0 radical (unpaired) electrons. The molecular formula is C54H52O8. The Labute approximate surface area is 363 Å². The molecule has 0 aliphatic carbocycles. The van der Waals surface area contributed by atoms with Crippen LogP contribution in [0.3, 0.4) is 0 Å². The number of benzene rings is 6. The van der Waals surface area contributed by atoms with E-state index >= 15 is 0 Å². The standard InChI is InChI=1S/C32H34O4.C22H18O4/c1-23(2)31(33)35-22-8-6-5-7-9-25-10-12-26(13-11-25)27-14-16-28(17-15-27)29-18-20-30(21-19-29)36-32(34)24(3)4;1-13(2)21(23)25-17-7-9-19-15(11-17)5-6-16-12-18(8-10-20(16)19)26-22(24)14(3)4/h10-21H,1,3,5-9,22H2,2,4H3;5-12H,1,3H2,2,4H3. The minimum Gasteiger partial charge on any atom is -0.462 e. The molecule has 0 saturated heterocycles. The Bertz CT molecular complexity index is 2540. The molecule has 0 unspecified atom stereocenters. The predicted octanol–water partition coefficient (Wildman–Crippen LogP) is 12.7. The van der Waals surface area contributed by atoms with Gasteiger partial charge in [0.1, 0.15) is 17.2 Å². The molecule has 0 aliphatic rings. The first-order valence-electron chi connectivity index (χ1n) is 20.4. The van der Waals surface area contributed by atoms with E-state index in [1.807, 2.05) is 48.5 Å². The van der Waals surface area contributed by atoms with Crippen LogP contribution in [0.15, 0.2) is 170 Å². The van der Waals surface area contributed by atoms with Gasteiger partial charge in [0.2, 0.25) is 0 Å². The highest BCUT2D eigenvalue weighted by atomic mass is 16.5. The van der Waals surface area contributed by atoms with Crippen molar-refractivity contribution in [1.29, 1.82) is 0 Å². The first-order chi connectivity index (χ1) is 29.7. The number of rotatable bonds is 16. The molecule has 0 atom stereocenters. The zero-order chi connectivity index (χ0) is 44.8. The molecule has 0 bridgehead atoms. The van der Waals surface area contributed by atoms with Gasteiger partial charge in [-0.2, -0.15) is 0 Å². The second kappa shape index (κ2) is 21.8. The summed E-state index contributed by atoms with van der Waals surface area (Å²) in [6.07, 6.45) is 5.22. The van der Waals surface area contributed by atoms with Gasteiger partial charge in [-0.15, -0.1) is 0 Å². The Morgan fingerprint density at radius 1 is 0.403 bits per heavy atom. The number of unbranched alkanes of at least 4 members (excludes halogenated alkanes) is 3. The average molecular weight is 829 g/mol. The summed E-state index contributed by atoms with van der Waals surface area (Å²) >= 11 is 0. The predicted molar refractivity (Wildman–Crippen MR) is 248 cm³/mol. The number of aryl methyl sites for hydroxylation is 1. The van der Waals surface area contributed by atoms with Gasteiger partial charge in [-0.3, -0.25) is 0 Å². The van der Waals surface area contributed by atoms with Crippen LogP contribution in [0.1, 0.15) is 58.9 Å². The third kappa shape index (κ3) is 13.1. The lowest BCUT2D eigenvalue weighted by Gasteiger charge is -2.09. The fraction of sp³-hybridized carbons (Fsp3) is 0.185. The molecule has 62 heavy (non-hydrogen) atoms. The molecule has 0 fully saturated rings. The summed E-state index contributed by atoms with van der Waals surface area (Å²) in [4.78, 5) is 46.3. The van der Waals surface area contributed by atoms with Gasteiger partial charge in [0, 0.05) is 22.3 Å². The first kappa shape index (κ1) is 45.8. The number of hydrogen-bond acceptors (Lipinski definition) is 8. The summed E-state index contributed by atoms with van der Waals surface area (Å²) in [6, 6.07) is 39.4. The van der Waals surface area contributed by atoms with Gasteiger partial charge in [0.25, 0.3) is 0 Å². The van der Waals surface area contributed by atoms with E-state index in [4.69, 9.17) is 18.9 Å². The van der Waals surface area contributed by atoms with Crippen molar-refractivity contribution in [3.8, 4) is 39.5 Å². The van der Waals surface area contributed by atoms with E-state index in [1.54, 1.807) is 52.0 Å². The Morgan fingerprint density at radius 3 is 1.18 bits per heavy atom. The van der Waals surface area contributed by atoms with Gasteiger partial charge in [-0.1, -0.05) is 124 Å². The lowest BCUT2D eigenvalue weighted by atomic mass is 9.98. The van der Waals surface area contributed by atoms with Gasteiger partial charge in [-0.05, 0) is 133 Å². The molecule has 0 aliphatic heterocycles. The second-order valence-corrected chi connectivity index (χ2v) is 15.2. The summed E-state index contributed by atoms with van der Waals surface area (Å²) < 4.78 is 20.9. The third-order valence-corrected chi connectivity index (χ3v) is 9.76. The minimum atomic E-state index is -0.450. The monoisotopic (exact) mass is 828 g/mol. The van der Waals surface area contributed by atoms with E-state index in [0.717, 1.165) is 64.8 Å². The third-order valence-electron chi connectivity index (χ3n) is 9.76. The highest BCUT2D eigenvalue weighted by Gasteiger charge is 2.11. The van der Waals surface area contributed by atoms with Crippen LogP contribution < -0.4 is 14.2 Å². The molecule has 0 saturated carbocycles. The molecule has 6 rings (SSSR count). The van der Waals surface area contributed by atoms with Crippen LogP contribution in [0.5, 0.6) is 17.2 Å². The molecule has 0 amide bonds. The van der Waals surface area contributed by atoms with Crippen molar-refractivity contribution in [2.45, 2.75) is 59.8 Å². The number of carbonyl (C=O) groups is 4. The van der Waals surface area contributed by atoms with Crippen molar-refractivity contribution in [3.05, 3.63) is 175 Å². The maximum absolute atomic E-state index is 11.7. The fourth-order valence-electron chi connectivity index (χ4n) is 6.24. The molecule has 6 aromatic carbocycles. The van der Waals surface area contributed by atoms with Gasteiger partial charge in [0.05, 0.1) is 6.61 Å². The van der Waals surface area contributed by atoms with E-state index in [1.165, 1.54) is 16.7 Å². The Kier molecular flexibility index (Phi) is 16.1. The molecule has 8 heteroatoms. The van der Waals surface area contributed by atoms with Gasteiger partial charge in [-0.25, -0.2) is 19.2 Å². The Morgan fingerprint density at radius 2 is 0.758 bits per heavy atom. The number of fused-ring (bicyclic) bond motifs is 3. The first-order valence-corrected chi connectivity index (χ1v) is 20.4. The molecule has 8 nitrogen and oxygen atoms in total. The topological polar surface area (TPSA) is 105 Å². The van der Waals surface area contributed by atoms with Crippen molar-refractivity contribution in [2.75, 3.05) is 6.61 Å². The summed E-state index contributed by atoms with van der Waals surface area (Å²) in [5, 5.41) is 3.90. The lowest BCUT2D eigenvalue weighted by Crippen LogP contribution is -2.08. The number of ether oxygens (including phenoxy) is 4. The molecule has 316 valence electrons. The highest BCUT2D eigenvalue weighted by Crippen LogP contribution is 2.31. The second-order valence-electron chi connectivity index (χ2n) is 15.2. The summed E-state index contributed by atoms with van der Waals surface area (Å²) in [6.45, 7) is 21.3. The molecule has 0 N–H and O–H groups in total. The largest absolute Gasteiger partial charge is 0.462 e. The number of hydrogen-bond donors (Lipinski definition) is 0. The summed E-state index contributed by atoms with van der Waals surface area (Å²) in [5.41, 5.74) is 7.36. The number of esters is 4. The quantitative estimate of drug-likeness (QED) is 0.0312. The van der Waals surface area contributed by atoms with Crippen molar-refractivity contribution >= 4 is 45.4 Å². The maximum Gasteiger partial charge on any atom is 0.338 e. The smallest absolute Gasteiger partial charge is 0.338 e. The average Bonchev–Trinajstić information content (AvgIpc) is 3.26. The zero-order valence-electron chi connectivity index (χ0n) is 35.9. The zero-order valence-corrected chi connectivity index (χ0v) is 35.9. The fourth-order valence-corrected chi connectivity index (χ4v) is 6.24. The highest BCUT2D eigenvalue weighted by molar-refractivity contribution is 6.08. The normalized spacial score (nSPS) is 10.5. The molecular weight excluding hydrogens is 777 g/mol. The van der Waals surface area contributed by atoms with Crippen molar-refractivity contribution in [2.24, 2.45) is 0 Å². The maximum atomic E-state index is 11.7. The van der Waals surface area contributed by atoms with E-state index < -0.39 is 17.9 Å². The van der Waals surface area contributed by atoms with E-state index in [0.29, 0.717) is 46.1 Å². The van der Waals surface area contributed by atoms with Crippen LogP contribution in [0.4, 0.5) is 0 Å². The van der Waals surface area contributed by atoms with E-state index in [2.05, 4.69) is 74.8 Å². The summed E-state index contributed by atoms with van der Waals surface area (Å²) in [5.74, 6) is -0.177. The molecule has 6 aromatic rings. The van der Waals surface area contributed by atoms with Crippen molar-refractivity contribution in [1.82, 2.24) is 0 Å².